The van der Waals surface area contributed by atoms with Crippen molar-refractivity contribution in [2.75, 3.05) is 5.32 Å². The van der Waals surface area contributed by atoms with Gasteiger partial charge in [0.05, 0.1) is 13.0 Å². The fourth-order valence-corrected chi connectivity index (χ4v) is 3.10. The Morgan fingerprint density at radius 1 is 1.08 bits per heavy atom. The maximum atomic E-state index is 12.1. The minimum absolute atomic E-state index is 0.00258. The molecule has 5 heteroatoms. The maximum absolute atomic E-state index is 12.1. The Balaban J connectivity index is 1.83. The van der Waals surface area contributed by atoms with E-state index in [0.29, 0.717) is 13.0 Å². The molecule has 0 unspecified atom stereocenters. The summed E-state index contributed by atoms with van der Waals surface area (Å²) in [6.45, 7) is 4.61. The molecule has 0 fully saturated rings. The van der Waals surface area contributed by atoms with Gasteiger partial charge in [0, 0.05) is 16.5 Å². The van der Waals surface area contributed by atoms with Gasteiger partial charge in [-0.3, -0.25) is 9.59 Å². The number of nitrogens with one attached hydrogen (secondary N) is 2. The number of thiophene rings is 1. The van der Waals surface area contributed by atoms with E-state index in [4.69, 9.17) is 0 Å². The molecule has 0 radical (unpaired) electrons. The zero-order valence-corrected chi connectivity index (χ0v) is 15.0. The highest BCUT2D eigenvalue weighted by molar-refractivity contribution is 7.09. The highest BCUT2D eigenvalue weighted by atomic mass is 32.1. The van der Waals surface area contributed by atoms with Crippen molar-refractivity contribution >= 4 is 28.8 Å². The summed E-state index contributed by atoms with van der Waals surface area (Å²) in [5.74, 6) is 0.103. The predicted octanol–water partition coefficient (Wildman–Crippen LogP) is 3.98. The lowest BCUT2D eigenvalue weighted by molar-refractivity contribution is -0.121. The average molecular weight is 344 g/mol. The van der Waals surface area contributed by atoms with Crippen molar-refractivity contribution in [3.05, 3.63) is 52.2 Å². The number of rotatable bonds is 8. The minimum atomic E-state index is -0.00258. The van der Waals surface area contributed by atoms with Crippen molar-refractivity contribution in [1.29, 1.82) is 0 Å². The van der Waals surface area contributed by atoms with Crippen LogP contribution in [0.5, 0.6) is 0 Å². The Hall–Kier alpha value is -2.14. The van der Waals surface area contributed by atoms with Gasteiger partial charge in [0.25, 0.3) is 0 Å². The van der Waals surface area contributed by atoms with Crippen LogP contribution < -0.4 is 10.6 Å². The first kappa shape index (κ1) is 18.2. The number of carbonyl (C=O) groups is 2. The second kappa shape index (κ2) is 9.23. The van der Waals surface area contributed by atoms with Gasteiger partial charge in [-0.2, -0.15) is 0 Å². The number of hydrogen-bond donors (Lipinski definition) is 2. The molecule has 1 aromatic carbocycles. The first-order valence-corrected chi connectivity index (χ1v) is 9.19. The van der Waals surface area contributed by atoms with Gasteiger partial charge in [0.1, 0.15) is 0 Å². The number of hydrogen-bond acceptors (Lipinski definition) is 3. The van der Waals surface area contributed by atoms with Gasteiger partial charge in [-0.1, -0.05) is 32.0 Å². The Bertz CT molecular complexity index is 647. The first-order valence-electron chi connectivity index (χ1n) is 8.31. The molecule has 0 atom stereocenters. The van der Waals surface area contributed by atoms with Crippen molar-refractivity contribution in [3.63, 3.8) is 0 Å². The molecule has 2 N–H and O–H groups in total. The van der Waals surface area contributed by atoms with Crippen molar-refractivity contribution in [2.45, 2.75) is 39.7 Å². The Kier molecular flexibility index (Phi) is 7.00. The monoisotopic (exact) mass is 344 g/mol. The minimum Gasteiger partial charge on any atom is -0.351 e. The molecule has 2 amide bonds. The summed E-state index contributed by atoms with van der Waals surface area (Å²) < 4.78 is 0. The highest BCUT2D eigenvalue weighted by Gasteiger charge is 2.14. The molecule has 2 rings (SSSR count). The Morgan fingerprint density at radius 3 is 2.38 bits per heavy atom. The fraction of sp³-hybridized carbons (Fsp3) is 0.368. The van der Waals surface area contributed by atoms with E-state index in [0.717, 1.165) is 29.0 Å². The van der Waals surface area contributed by atoms with E-state index in [1.807, 2.05) is 55.6 Å². The van der Waals surface area contributed by atoms with E-state index >= 15 is 0 Å². The summed E-state index contributed by atoms with van der Waals surface area (Å²) in [6, 6.07) is 11.4. The number of benzene rings is 1. The molecule has 0 aliphatic heterocycles. The van der Waals surface area contributed by atoms with Gasteiger partial charge in [0.15, 0.2) is 0 Å². The van der Waals surface area contributed by atoms with Crippen LogP contribution in [-0.4, -0.2) is 11.8 Å². The number of anilines is 1. The molecule has 0 aliphatic rings. The second-order valence-electron chi connectivity index (χ2n) is 5.73. The van der Waals surface area contributed by atoms with E-state index in [2.05, 4.69) is 10.6 Å². The lowest BCUT2D eigenvalue weighted by Crippen LogP contribution is -2.24. The van der Waals surface area contributed by atoms with Crippen LogP contribution in [0.4, 0.5) is 5.69 Å². The van der Waals surface area contributed by atoms with Crippen molar-refractivity contribution in [2.24, 2.45) is 5.92 Å². The quantitative estimate of drug-likeness (QED) is 0.761. The van der Waals surface area contributed by atoms with Gasteiger partial charge < -0.3 is 10.6 Å². The van der Waals surface area contributed by atoms with Gasteiger partial charge in [-0.05, 0) is 42.0 Å². The molecule has 1 heterocycles. The van der Waals surface area contributed by atoms with Crippen molar-refractivity contribution in [1.82, 2.24) is 5.32 Å². The van der Waals surface area contributed by atoms with Crippen LogP contribution in [0.15, 0.2) is 41.8 Å². The first-order chi connectivity index (χ1) is 11.6. The molecule has 0 saturated carbocycles. The molecular weight excluding hydrogens is 320 g/mol. The molecule has 2 aromatic rings. The zero-order chi connectivity index (χ0) is 17.4. The summed E-state index contributed by atoms with van der Waals surface area (Å²) in [4.78, 5) is 25.2. The van der Waals surface area contributed by atoms with E-state index in [-0.39, 0.29) is 17.7 Å². The number of amides is 2. The van der Waals surface area contributed by atoms with Crippen LogP contribution in [0.1, 0.15) is 37.1 Å². The third-order valence-electron chi connectivity index (χ3n) is 3.98. The highest BCUT2D eigenvalue weighted by Crippen LogP contribution is 2.15. The summed E-state index contributed by atoms with van der Waals surface area (Å²) in [7, 11) is 0. The van der Waals surface area contributed by atoms with Crippen LogP contribution in [0.2, 0.25) is 0 Å². The summed E-state index contributed by atoms with van der Waals surface area (Å²) >= 11 is 1.63. The summed E-state index contributed by atoms with van der Waals surface area (Å²) in [6.07, 6.45) is 2.02. The Labute approximate surface area is 147 Å². The molecule has 4 nitrogen and oxygen atoms in total. The van der Waals surface area contributed by atoms with E-state index in [9.17, 15) is 9.59 Å². The van der Waals surface area contributed by atoms with Crippen LogP contribution in [-0.2, 0) is 22.6 Å². The van der Waals surface area contributed by atoms with E-state index < -0.39 is 0 Å². The summed E-state index contributed by atoms with van der Waals surface area (Å²) in [5.41, 5.74) is 1.70. The van der Waals surface area contributed by atoms with Gasteiger partial charge >= 0.3 is 0 Å². The van der Waals surface area contributed by atoms with E-state index in [1.165, 1.54) is 0 Å². The molecule has 0 spiro atoms. The molecule has 0 aliphatic carbocycles. The molecule has 1 aromatic heterocycles. The molecule has 0 bridgehead atoms. The smallest absolute Gasteiger partial charge is 0.227 e. The molecule has 0 saturated heterocycles. The van der Waals surface area contributed by atoms with Crippen molar-refractivity contribution in [3.8, 4) is 0 Å². The van der Waals surface area contributed by atoms with Crippen LogP contribution in [0.3, 0.4) is 0 Å². The standard InChI is InChI=1S/C19H24N2O2S/c1-3-15(4-2)19(23)21-16-9-7-14(8-10-16)12-18(22)20-13-17-6-5-11-24-17/h5-11,15H,3-4,12-13H2,1-2H3,(H,20,22)(H,21,23). The third kappa shape index (κ3) is 5.49. The molecular formula is C19H24N2O2S. The van der Waals surface area contributed by atoms with Crippen LogP contribution >= 0.6 is 11.3 Å². The fourth-order valence-electron chi connectivity index (χ4n) is 2.46. The van der Waals surface area contributed by atoms with Gasteiger partial charge in [0.2, 0.25) is 11.8 Å². The van der Waals surface area contributed by atoms with E-state index in [1.54, 1.807) is 11.3 Å². The lowest BCUT2D eigenvalue weighted by atomic mass is 10.0. The van der Waals surface area contributed by atoms with Gasteiger partial charge in [-0.15, -0.1) is 11.3 Å². The van der Waals surface area contributed by atoms with Crippen molar-refractivity contribution < 1.29 is 9.59 Å². The predicted molar refractivity (Wildman–Crippen MR) is 99.0 cm³/mol. The van der Waals surface area contributed by atoms with Gasteiger partial charge in [-0.25, -0.2) is 0 Å². The lowest BCUT2D eigenvalue weighted by Gasteiger charge is -2.13. The average Bonchev–Trinajstić information content (AvgIpc) is 3.09. The van der Waals surface area contributed by atoms with Crippen LogP contribution in [0, 0.1) is 5.92 Å². The number of carbonyl (C=O) groups excluding carboxylic acids is 2. The third-order valence-corrected chi connectivity index (χ3v) is 4.86. The molecule has 128 valence electrons. The topological polar surface area (TPSA) is 58.2 Å². The largest absolute Gasteiger partial charge is 0.351 e. The molecule has 24 heavy (non-hydrogen) atoms. The zero-order valence-electron chi connectivity index (χ0n) is 14.2. The SMILES string of the molecule is CCC(CC)C(=O)Nc1ccc(CC(=O)NCc2cccs2)cc1. The second-order valence-corrected chi connectivity index (χ2v) is 6.76. The van der Waals surface area contributed by atoms with Crippen LogP contribution in [0.25, 0.3) is 0 Å². The summed E-state index contributed by atoms with van der Waals surface area (Å²) in [5, 5.41) is 7.84. The maximum Gasteiger partial charge on any atom is 0.227 e. The normalized spacial score (nSPS) is 10.6. The Morgan fingerprint density at radius 2 is 1.79 bits per heavy atom.